The maximum absolute atomic E-state index is 12.4. The van der Waals surface area contributed by atoms with Gasteiger partial charge in [-0.05, 0) is 0 Å². The summed E-state index contributed by atoms with van der Waals surface area (Å²) >= 11 is 5.31. The Morgan fingerprint density at radius 2 is 2.20 bits per heavy atom. The van der Waals surface area contributed by atoms with E-state index < -0.39 is 39.6 Å². The fourth-order valence-electron chi connectivity index (χ4n) is 1.11. The van der Waals surface area contributed by atoms with Gasteiger partial charge in [0.25, 0.3) is 17.7 Å². The van der Waals surface area contributed by atoms with Crippen LogP contribution in [0, 0.1) is 10.1 Å². The number of nitro groups is 1. The molecule has 0 amide bonds. The van der Waals surface area contributed by atoms with Crippen LogP contribution in [0.25, 0.3) is 0 Å². The molecule has 0 aliphatic carbocycles. The van der Waals surface area contributed by atoms with Crippen LogP contribution in [-0.4, -0.2) is 9.91 Å². The molecular weight excluding hydrogens is 234 g/mol. The first-order chi connectivity index (χ1) is 6.99. The molecule has 0 saturated heterocycles. The number of nitrogens with one attached hydrogen (secondary N) is 1. The second-order valence-electron chi connectivity index (χ2n) is 2.59. The molecule has 1 heterocycles. The highest BCUT2D eigenvalue weighted by atomic mass is 35.5. The van der Waals surface area contributed by atoms with E-state index in [0.29, 0.717) is 0 Å². The van der Waals surface area contributed by atoms with Gasteiger partial charge in [0.1, 0.15) is 0 Å². The Morgan fingerprint density at radius 3 is 2.60 bits per heavy atom. The maximum atomic E-state index is 12.4. The van der Waals surface area contributed by atoms with E-state index >= 15 is 0 Å². The molecule has 0 bridgehead atoms. The number of rotatable bonds is 3. The third kappa shape index (κ3) is 2.12. The summed E-state index contributed by atoms with van der Waals surface area (Å²) in [6.45, 7) is 0. The molecule has 0 aromatic carbocycles. The SMILES string of the molecule is O=c1[nH]cc([N+](=O)[O-])c(CCl)c1C(F)F. The van der Waals surface area contributed by atoms with Crippen molar-refractivity contribution in [2.45, 2.75) is 12.3 Å². The summed E-state index contributed by atoms with van der Waals surface area (Å²) in [6, 6.07) is 0. The number of aromatic amines is 1. The van der Waals surface area contributed by atoms with E-state index in [1.165, 1.54) is 0 Å². The van der Waals surface area contributed by atoms with Gasteiger partial charge < -0.3 is 4.98 Å². The number of pyridine rings is 1. The second-order valence-corrected chi connectivity index (χ2v) is 2.85. The van der Waals surface area contributed by atoms with Crippen LogP contribution in [-0.2, 0) is 5.88 Å². The van der Waals surface area contributed by atoms with E-state index in [-0.39, 0.29) is 0 Å². The van der Waals surface area contributed by atoms with Crippen molar-refractivity contribution in [2.75, 3.05) is 0 Å². The first kappa shape index (κ1) is 11.6. The third-order valence-corrected chi connectivity index (χ3v) is 2.03. The summed E-state index contributed by atoms with van der Waals surface area (Å²) < 4.78 is 24.8. The van der Waals surface area contributed by atoms with Crippen molar-refractivity contribution < 1.29 is 13.7 Å². The average molecular weight is 239 g/mol. The van der Waals surface area contributed by atoms with Crippen molar-refractivity contribution in [1.82, 2.24) is 4.98 Å². The largest absolute Gasteiger partial charge is 0.322 e. The zero-order valence-electron chi connectivity index (χ0n) is 7.17. The highest BCUT2D eigenvalue weighted by molar-refractivity contribution is 6.17. The number of aromatic nitrogens is 1. The molecule has 0 unspecified atom stereocenters. The van der Waals surface area contributed by atoms with E-state index in [1.807, 2.05) is 4.98 Å². The molecular formula is C7H5ClF2N2O3. The molecule has 15 heavy (non-hydrogen) atoms. The molecule has 1 aromatic heterocycles. The van der Waals surface area contributed by atoms with Gasteiger partial charge in [0.15, 0.2) is 0 Å². The molecule has 0 aliphatic rings. The third-order valence-electron chi connectivity index (χ3n) is 1.77. The van der Waals surface area contributed by atoms with Crippen molar-refractivity contribution in [1.29, 1.82) is 0 Å². The fourth-order valence-corrected chi connectivity index (χ4v) is 1.39. The van der Waals surface area contributed by atoms with Crippen LogP contribution in [0.15, 0.2) is 11.0 Å². The van der Waals surface area contributed by atoms with E-state index in [1.54, 1.807) is 0 Å². The smallest absolute Gasteiger partial charge is 0.290 e. The van der Waals surface area contributed by atoms with Gasteiger partial charge in [0.05, 0.1) is 28.1 Å². The Bertz CT molecular complexity index is 446. The number of halogens is 3. The minimum absolute atomic E-state index is 0.444. The highest BCUT2D eigenvalue weighted by Crippen LogP contribution is 2.27. The zero-order valence-corrected chi connectivity index (χ0v) is 7.92. The van der Waals surface area contributed by atoms with Gasteiger partial charge in [0.2, 0.25) is 0 Å². The van der Waals surface area contributed by atoms with E-state index in [2.05, 4.69) is 0 Å². The van der Waals surface area contributed by atoms with Crippen LogP contribution in [0.4, 0.5) is 14.5 Å². The summed E-state index contributed by atoms with van der Waals surface area (Å²) in [4.78, 5) is 22.4. The normalized spacial score (nSPS) is 10.7. The van der Waals surface area contributed by atoms with Crippen LogP contribution < -0.4 is 5.56 Å². The summed E-state index contributed by atoms with van der Waals surface area (Å²) in [7, 11) is 0. The van der Waals surface area contributed by atoms with Crippen LogP contribution >= 0.6 is 11.6 Å². The second kappa shape index (κ2) is 4.35. The first-order valence-electron chi connectivity index (χ1n) is 3.72. The predicted octanol–water partition coefficient (Wildman–Crippen LogP) is 1.96. The summed E-state index contributed by atoms with van der Waals surface area (Å²) in [6.07, 6.45) is -2.34. The number of H-pyrrole nitrogens is 1. The van der Waals surface area contributed by atoms with Gasteiger partial charge in [-0.2, -0.15) is 0 Å². The molecule has 0 spiro atoms. The molecule has 1 rings (SSSR count). The predicted molar refractivity (Wildman–Crippen MR) is 48.2 cm³/mol. The lowest BCUT2D eigenvalue weighted by molar-refractivity contribution is -0.385. The molecule has 8 heteroatoms. The number of nitrogens with zero attached hydrogens (tertiary/aromatic N) is 1. The Labute approximate surface area is 86.8 Å². The maximum Gasteiger partial charge on any atom is 0.290 e. The highest BCUT2D eigenvalue weighted by Gasteiger charge is 2.25. The first-order valence-corrected chi connectivity index (χ1v) is 4.25. The summed E-state index contributed by atoms with van der Waals surface area (Å²) in [5, 5.41) is 10.4. The quantitative estimate of drug-likeness (QED) is 0.497. The zero-order chi connectivity index (χ0) is 11.6. The van der Waals surface area contributed by atoms with Crippen molar-refractivity contribution in [3.05, 3.63) is 37.8 Å². The lowest BCUT2D eigenvalue weighted by Crippen LogP contribution is -2.16. The lowest BCUT2D eigenvalue weighted by Gasteiger charge is -2.04. The van der Waals surface area contributed by atoms with E-state index in [4.69, 9.17) is 11.6 Å². The number of alkyl halides is 3. The molecule has 1 N–H and O–H groups in total. The van der Waals surface area contributed by atoms with Gasteiger partial charge >= 0.3 is 0 Å². The summed E-state index contributed by atoms with van der Waals surface area (Å²) in [5.41, 5.74) is -3.06. The Morgan fingerprint density at radius 1 is 1.60 bits per heavy atom. The van der Waals surface area contributed by atoms with Crippen molar-refractivity contribution in [3.8, 4) is 0 Å². The topological polar surface area (TPSA) is 76.0 Å². The minimum atomic E-state index is -3.10. The van der Waals surface area contributed by atoms with Crippen molar-refractivity contribution >= 4 is 17.3 Å². The average Bonchev–Trinajstić information content (AvgIpc) is 2.15. The van der Waals surface area contributed by atoms with Gasteiger partial charge in [-0.15, -0.1) is 11.6 Å². The fraction of sp³-hybridized carbons (Fsp3) is 0.286. The van der Waals surface area contributed by atoms with Gasteiger partial charge in [-0.3, -0.25) is 14.9 Å². The van der Waals surface area contributed by atoms with Gasteiger partial charge in [-0.25, -0.2) is 8.78 Å². The Kier molecular flexibility index (Phi) is 3.35. The minimum Gasteiger partial charge on any atom is -0.322 e. The Hall–Kier alpha value is -1.50. The van der Waals surface area contributed by atoms with E-state index in [9.17, 15) is 23.7 Å². The molecule has 1 aromatic rings. The van der Waals surface area contributed by atoms with Crippen LogP contribution in [0.3, 0.4) is 0 Å². The van der Waals surface area contributed by atoms with Crippen molar-refractivity contribution in [2.24, 2.45) is 0 Å². The van der Waals surface area contributed by atoms with Crippen molar-refractivity contribution in [3.63, 3.8) is 0 Å². The van der Waals surface area contributed by atoms with Crippen LogP contribution in [0.2, 0.25) is 0 Å². The molecule has 0 fully saturated rings. The number of hydrogen-bond donors (Lipinski definition) is 1. The molecule has 0 aliphatic heterocycles. The molecule has 5 nitrogen and oxygen atoms in total. The monoisotopic (exact) mass is 238 g/mol. The standard InChI is InChI=1S/C7H5ClF2N2O3/c8-1-3-4(12(14)15)2-11-7(13)5(3)6(9)10/h2,6H,1H2,(H,11,13). The van der Waals surface area contributed by atoms with E-state index in [0.717, 1.165) is 6.20 Å². The molecule has 0 atom stereocenters. The van der Waals surface area contributed by atoms with Gasteiger partial charge in [0, 0.05) is 0 Å². The number of hydrogen-bond acceptors (Lipinski definition) is 3. The molecule has 0 saturated carbocycles. The van der Waals surface area contributed by atoms with Crippen LogP contribution in [0.5, 0.6) is 0 Å². The summed E-state index contributed by atoms with van der Waals surface area (Å²) in [5.74, 6) is -0.514. The van der Waals surface area contributed by atoms with Crippen LogP contribution in [0.1, 0.15) is 17.6 Å². The Balaban J connectivity index is 3.54. The molecule has 82 valence electrons. The van der Waals surface area contributed by atoms with Gasteiger partial charge in [-0.1, -0.05) is 0 Å². The lowest BCUT2D eigenvalue weighted by atomic mass is 10.1. The molecule has 0 radical (unpaired) electrons.